The van der Waals surface area contributed by atoms with Crippen LogP contribution in [0.5, 0.6) is 0 Å². The van der Waals surface area contributed by atoms with E-state index < -0.39 is 6.10 Å². The molecule has 2 N–H and O–H groups in total. The van der Waals surface area contributed by atoms with Gasteiger partial charge in [0, 0.05) is 22.4 Å². The summed E-state index contributed by atoms with van der Waals surface area (Å²) in [6.07, 6.45) is 0.907. The number of Topliss-reactive ketones (excluding diaryl/α,β-unsaturated/α-hetero) is 2. The first-order chi connectivity index (χ1) is 6.25. The molecule has 15 heavy (non-hydrogen) atoms. The molecular formula is C10H18AgO4. The summed E-state index contributed by atoms with van der Waals surface area (Å²) in [5.74, 6) is 0.0370. The number of carbonyl (C=O) groups is 2. The average Bonchev–Trinajstić information content (AvgIpc) is 1.79. The van der Waals surface area contributed by atoms with Gasteiger partial charge in [-0.25, -0.2) is 0 Å². The largest absolute Gasteiger partial charge is 0.513 e. The molecule has 0 bridgehead atoms. The first-order valence-electron chi connectivity index (χ1n) is 4.30. The third kappa shape index (κ3) is 31.7. The summed E-state index contributed by atoms with van der Waals surface area (Å²) in [7, 11) is 0. The van der Waals surface area contributed by atoms with Gasteiger partial charge in [0.2, 0.25) is 0 Å². The van der Waals surface area contributed by atoms with Crippen molar-refractivity contribution in [2.24, 2.45) is 0 Å². The van der Waals surface area contributed by atoms with E-state index in [1.807, 2.05) is 0 Å². The Balaban J connectivity index is -0.000000180. The van der Waals surface area contributed by atoms with Crippen LogP contribution in [0.1, 0.15) is 34.1 Å². The van der Waals surface area contributed by atoms with Crippen molar-refractivity contribution in [1.29, 1.82) is 0 Å². The molecule has 0 aromatic rings. The topological polar surface area (TPSA) is 74.6 Å². The number of ketones is 2. The molecule has 0 rings (SSSR count). The van der Waals surface area contributed by atoms with Crippen LogP contribution < -0.4 is 0 Å². The normalized spacial score (nSPS) is 11.7. The number of aliphatic hydroxyl groups is 2. The van der Waals surface area contributed by atoms with Crippen LogP contribution in [0.3, 0.4) is 0 Å². The number of carbonyl (C=O) groups excluding carboxylic acids is 2. The van der Waals surface area contributed by atoms with Crippen LogP contribution in [0, 0.1) is 0 Å². The fraction of sp³-hybridized carbons (Fsp3) is 0.600. The third-order valence-electron chi connectivity index (χ3n) is 0.980. The Kier molecular flexibility index (Phi) is 15.6. The molecule has 0 aromatic heterocycles. The van der Waals surface area contributed by atoms with E-state index in [0.717, 1.165) is 0 Å². The molecule has 5 heteroatoms. The summed E-state index contributed by atoms with van der Waals surface area (Å²) in [6, 6.07) is 0. The molecule has 0 amide bonds. The second-order valence-corrected chi connectivity index (χ2v) is 3.13. The number of allylic oxidation sites excluding steroid dienone is 1. The zero-order valence-electron chi connectivity index (χ0n) is 9.37. The van der Waals surface area contributed by atoms with Crippen LogP contribution in [0.15, 0.2) is 11.8 Å². The minimum atomic E-state index is -0.537. The SMILES string of the molecule is CC(=O)CC(C)=O.CC(O)=CC(C)O.[Ag]. The molecule has 0 aliphatic carbocycles. The Morgan fingerprint density at radius 1 is 1.20 bits per heavy atom. The Labute approximate surface area is 106 Å². The maximum atomic E-state index is 10.0. The van der Waals surface area contributed by atoms with Gasteiger partial charge < -0.3 is 10.2 Å². The van der Waals surface area contributed by atoms with Crippen molar-refractivity contribution in [3.8, 4) is 0 Å². The van der Waals surface area contributed by atoms with Gasteiger partial charge in [-0.15, -0.1) is 0 Å². The smallest absolute Gasteiger partial charge is 0.137 e. The molecule has 0 aromatic carbocycles. The van der Waals surface area contributed by atoms with Crippen molar-refractivity contribution in [2.75, 3.05) is 0 Å². The molecule has 0 aliphatic heterocycles. The second kappa shape index (κ2) is 11.7. The summed E-state index contributed by atoms with van der Waals surface area (Å²) in [5.41, 5.74) is 0. The van der Waals surface area contributed by atoms with Crippen molar-refractivity contribution >= 4 is 11.6 Å². The Morgan fingerprint density at radius 3 is 1.53 bits per heavy atom. The Morgan fingerprint density at radius 2 is 1.53 bits per heavy atom. The summed E-state index contributed by atoms with van der Waals surface area (Å²) < 4.78 is 0. The molecule has 0 heterocycles. The average molecular weight is 310 g/mol. The maximum absolute atomic E-state index is 10.0. The van der Waals surface area contributed by atoms with Crippen LogP contribution >= 0.6 is 0 Å². The van der Waals surface area contributed by atoms with Gasteiger partial charge in [0.25, 0.3) is 0 Å². The molecule has 0 saturated heterocycles. The Hall–Kier alpha value is -0.420. The minimum absolute atomic E-state index is 0. The van der Waals surface area contributed by atoms with Crippen molar-refractivity contribution in [1.82, 2.24) is 0 Å². The number of rotatable bonds is 3. The van der Waals surface area contributed by atoms with E-state index in [1.165, 1.54) is 26.8 Å². The molecule has 0 saturated carbocycles. The van der Waals surface area contributed by atoms with Crippen molar-refractivity contribution in [3.63, 3.8) is 0 Å². The predicted octanol–water partition coefficient (Wildman–Crippen LogP) is 1.38. The summed E-state index contributed by atoms with van der Waals surface area (Å²) in [5, 5.41) is 16.9. The van der Waals surface area contributed by atoms with Crippen molar-refractivity contribution in [2.45, 2.75) is 40.2 Å². The molecular weight excluding hydrogens is 292 g/mol. The number of hydrogen-bond donors (Lipinski definition) is 2. The van der Waals surface area contributed by atoms with E-state index in [2.05, 4.69) is 0 Å². The van der Waals surface area contributed by atoms with E-state index in [0.29, 0.717) is 0 Å². The van der Waals surface area contributed by atoms with Crippen LogP contribution in [-0.2, 0) is 32.0 Å². The van der Waals surface area contributed by atoms with Gasteiger partial charge in [0.15, 0.2) is 0 Å². The number of hydrogen-bond acceptors (Lipinski definition) is 4. The van der Waals surface area contributed by atoms with Gasteiger partial charge in [0.05, 0.1) is 18.3 Å². The molecule has 1 radical (unpaired) electrons. The summed E-state index contributed by atoms with van der Waals surface area (Å²) in [4.78, 5) is 20.1. The zero-order valence-corrected chi connectivity index (χ0v) is 10.9. The second-order valence-electron chi connectivity index (χ2n) is 3.13. The Bertz CT molecular complexity index is 205. The van der Waals surface area contributed by atoms with E-state index >= 15 is 0 Å². The quantitative estimate of drug-likeness (QED) is 0.469. The van der Waals surface area contributed by atoms with Gasteiger partial charge in [-0.1, -0.05) is 0 Å². The van der Waals surface area contributed by atoms with E-state index in [9.17, 15) is 9.59 Å². The standard InChI is InChI=1S/C5H10O2.C5H8O2.Ag/c2*1-4(6)3-5(2)7;/h3-4,6-7H,1-2H3;3H2,1-2H3;. The molecule has 0 aliphatic rings. The number of aliphatic hydroxyl groups excluding tert-OH is 2. The molecule has 0 fully saturated rings. The van der Waals surface area contributed by atoms with Gasteiger partial charge in [0.1, 0.15) is 11.6 Å². The van der Waals surface area contributed by atoms with E-state index in [4.69, 9.17) is 10.2 Å². The zero-order chi connectivity index (χ0) is 11.7. The molecule has 1 unspecified atom stereocenters. The van der Waals surface area contributed by atoms with Gasteiger partial charge >= 0.3 is 0 Å². The van der Waals surface area contributed by atoms with Crippen LogP contribution in [0.25, 0.3) is 0 Å². The minimum Gasteiger partial charge on any atom is -0.513 e. The summed E-state index contributed by atoms with van der Waals surface area (Å²) >= 11 is 0. The van der Waals surface area contributed by atoms with Crippen molar-refractivity contribution < 1.29 is 42.2 Å². The molecule has 4 nitrogen and oxygen atoms in total. The van der Waals surface area contributed by atoms with Crippen LogP contribution in [0.2, 0.25) is 0 Å². The molecule has 1 atom stereocenters. The maximum Gasteiger partial charge on any atom is 0.137 e. The van der Waals surface area contributed by atoms with Crippen molar-refractivity contribution in [3.05, 3.63) is 11.8 Å². The van der Waals surface area contributed by atoms with E-state index in [-0.39, 0.29) is 46.1 Å². The third-order valence-corrected chi connectivity index (χ3v) is 0.980. The first-order valence-corrected chi connectivity index (χ1v) is 4.30. The van der Waals surface area contributed by atoms with Gasteiger partial charge in [-0.05, 0) is 33.8 Å². The predicted molar refractivity (Wildman–Crippen MR) is 54.0 cm³/mol. The summed E-state index contributed by atoms with van der Waals surface area (Å²) in [6.45, 7) is 5.91. The van der Waals surface area contributed by atoms with Crippen LogP contribution in [-0.4, -0.2) is 27.9 Å². The first kappa shape index (κ1) is 20.1. The van der Waals surface area contributed by atoms with Gasteiger partial charge in [-0.3, -0.25) is 9.59 Å². The van der Waals surface area contributed by atoms with E-state index in [1.54, 1.807) is 6.92 Å². The monoisotopic (exact) mass is 309 g/mol. The molecule has 0 spiro atoms. The fourth-order valence-electron chi connectivity index (χ4n) is 0.700. The van der Waals surface area contributed by atoms with Crippen LogP contribution in [0.4, 0.5) is 0 Å². The fourth-order valence-corrected chi connectivity index (χ4v) is 0.700. The molecule has 93 valence electrons. The van der Waals surface area contributed by atoms with Gasteiger partial charge in [-0.2, -0.15) is 0 Å².